The molecule has 0 spiro atoms. The lowest BCUT2D eigenvalue weighted by Gasteiger charge is -2.18. The molecule has 0 radical (unpaired) electrons. The van der Waals surface area contributed by atoms with Gasteiger partial charge in [-0.05, 0) is 12.1 Å². The Labute approximate surface area is 109 Å². The molecule has 16 heavy (non-hydrogen) atoms. The molecule has 0 aliphatic carbocycles. The van der Waals surface area contributed by atoms with Crippen molar-refractivity contribution in [3.63, 3.8) is 0 Å². The Morgan fingerprint density at radius 1 is 1.62 bits per heavy atom. The molecule has 0 aliphatic heterocycles. The van der Waals surface area contributed by atoms with Crippen LogP contribution in [-0.2, 0) is 10.0 Å². The van der Waals surface area contributed by atoms with E-state index in [0.717, 1.165) is 11.3 Å². The average molecular weight is 299 g/mol. The predicted octanol–water partition coefficient (Wildman–Crippen LogP) is 1.70. The van der Waals surface area contributed by atoms with Crippen LogP contribution in [0.5, 0.6) is 0 Å². The molecule has 0 saturated carbocycles. The first-order valence-corrected chi connectivity index (χ1v) is 7.46. The molecule has 0 amide bonds. The number of hydrogen-bond donors (Lipinski definition) is 1. The Hall–Kier alpha value is -0.210. The van der Waals surface area contributed by atoms with E-state index in [1.54, 1.807) is 13.0 Å². The summed E-state index contributed by atoms with van der Waals surface area (Å²) in [4.78, 5) is 0.146. The van der Waals surface area contributed by atoms with Crippen molar-refractivity contribution in [2.75, 3.05) is 13.1 Å². The van der Waals surface area contributed by atoms with Crippen molar-refractivity contribution in [2.45, 2.75) is 11.1 Å². The monoisotopic (exact) mass is 298 g/mol. The van der Waals surface area contributed by atoms with E-state index in [-0.39, 0.29) is 15.7 Å². The van der Waals surface area contributed by atoms with E-state index in [0.29, 0.717) is 10.9 Å². The van der Waals surface area contributed by atoms with Gasteiger partial charge in [-0.3, -0.25) is 0 Å². The smallest absolute Gasteiger partial charge is 0.252 e. The van der Waals surface area contributed by atoms with Crippen molar-refractivity contribution in [2.24, 2.45) is 5.73 Å². The van der Waals surface area contributed by atoms with Gasteiger partial charge in [-0.25, -0.2) is 8.42 Å². The van der Waals surface area contributed by atoms with Gasteiger partial charge in [-0.15, -0.1) is 11.3 Å². The summed E-state index contributed by atoms with van der Waals surface area (Å²) >= 11 is 11.4. The SMILES string of the molecule is CCN(CC(N)=S)S(=O)(=O)c1ccc(Cl)s1. The Bertz CT molecular complexity index is 483. The van der Waals surface area contributed by atoms with Gasteiger partial charge in [-0.2, -0.15) is 4.31 Å². The highest BCUT2D eigenvalue weighted by molar-refractivity contribution is 7.91. The first kappa shape index (κ1) is 13.9. The van der Waals surface area contributed by atoms with Gasteiger partial charge in [0, 0.05) is 6.54 Å². The second-order valence-electron chi connectivity index (χ2n) is 2.96. The lowest BCUT2D eigenvalue weighted by Crippen LogP contribution is -2.37. The van der Waals surface area contributed by atoms with Crippen LogP contribution in [0.3, 0.4) is 0 Å². The molecule has 0 unspecified atom stereocenters. The molecule has 90 valence electrons. The number of halogens is 1. The number of nitrogens with two attached hydrogens (primary N) is 1. The Morgan fingerprint density at radius 3 is 2.62 bits per heavy atom. The molecular formula is C8H11ClN2O2S3. The highest BCUT2D eigenvalue weighted by Crippen LogP contribution is 2.27. The van der Waals surface area contributed by atoms with Crippen LogP contribution in [0.4, 0.5) is 0 Å². The highest BCUT2D eigenvalue weighted by Gasteiger charge is 2.25. The maximum absolute atomic E-state index is 12.1. The summed E-state index contributed by atoms with van der Waals surface area (Å²) < 4.78 is 26.0. The molecule has 0 bridgehead atoms. The normalized spacial score (nSPS) is 11.9. The molecule has 8 heteroatoms. The maximum Gasteiger partial charge on any atom is 0.252 e. The fourth-order valence-electron chi connectivity index (χ4n) is 1.10. The number of sulfonamides is 1. The number of nitrogens with zero attached hydrogens (tertiary/aromatic N) is 1. The number of thiophene rings is 1. The molecule has 1 aromatic rings. The maximum atomic E-state index is 12.1. The molecule has 1 aromatic heterocycles. The summed E-state index contributed by atoms with van der Waals surface area (Å²) in [6, 6.07) is 3.03. The number of hydrogen-bond acceptors (Lipinski definition) is 4. The van der Waals surface area contributed by atoms with Crippen LogP contribution in [0.15, 0.2) is 16.3 Å². The molecular weight excluding hydrogens is 288 g/mol. The van der Waals surface area contributed by atoms with Crippen molar-refractivity contribution in [3.8, 4) is 0 Å². The summed E-state index contributed by atoms with van der Waals surface area (Å²) in [6.07, 6.45) is 0. The van der Waals surface area contributed by atoms with Gasteiger partial charge >= 0.3 is 0 Å². The van der Waals surface area contributed by atoms with E-state index in [4.69, 9.17) is 29.6 Å². The molecule has 0 fully saturated rings. The quantitative estimate of drug-likeness (QED) is 0.841. The number of rotatable bonds is 5. The minimum Gasteiger partial charge on any atom is -0.392 e. The summed E-state index contributed by atoms with van der Waals surface area (Å²) in [5.41, 5.74) is 5.35. The Kier molecular flexibility index (Phi) is 4.69. The van der Waals surface area contributed by atoms with E-state index < -0.39 is 10.0 Å². The third-order valence-electron chi connectivity index (χ3n) is 1.83. The van der Waals surface area contributed by atoms with Gasteiger partial charge in [-0.1, -0.05) is 30.7 Å². The molecule has 0 atom stereocenters. The molecule has 2 N–H and O–H groups in total. The second kappa shape index (κ2) is 5.42. The standard InChI is InChI=1S/C8H11ClN2O2S3/c1-2-11(5-7(10)14)16(12,13)8-4-3-6(9)15-8/h3-4H,2,5H2,1H3,(H2,10,14). The van der Waals surface area contributed by atoms with Gasteiger partial charge in [0.15, 0.2) is 0 Å². The molecule has 0 aromatic carbocycles. The minimum atomic E-state index is -3.53. The molecule has 1 rings (SSSR count). The van der Waals surface area contributed by atoms with Crippen molar-refractivity contribution >= 4 is 50.2 Å². The van der Waals surface area contributed by atoms with Crippen molar-refractivity contribution in [3.05, 3.63) is 16.5 Å². The van der Waals surface area contributed by atoms with E-state index in [2.05, 4.69) is 0 Å². The highest BCUT2D eigenvalue weighted by atomic mass is 35.5. The first-order chi connectivity index (χ1) is 7.37. The topological polar surface area (TPSA) is 63.4 Å². The summed E-state index contributed by atoms with van der Waals surface area (Å²) in [5, 5.41) is 0. The van der Waals surface area contributed by atoms with Crippen molar-refractivity contribution in [1.82, 2.24) is 4.31 Å². The van der Waals surface area contributed by atoms with Crippen molar-refractivity contribution < 1.29 is 8.42 Å². The van der Waals surface area contributed by atoms with Gasteiger partial charge in [0.2, 0.25) is 0 Å². The number of thiocarbonyl (C=S) groups is 1. The number of likely N-dealkylation sites (N-methyl/N-ethyl adjacent to an activating group) is 1. The van der Waals surface area contributed by atoms with Crippen LogP contribution in [0.2, 0.25) is 4.34 Å². The van der Waals surface area contributed by atoms with Crippen LogP contribution in [0.25, 0.3) is 0 Å². The van der Waals surface area contributed by atoms with Crippen LogP contribution in [-0.4, -0.2) is 30.8 Å². The zero-order valence-electron chi connectivity index (χ0n) is 8.51. The van der Waals surface area contributed by atoms with E-state index in [1.165, 1.54) is 10.4 Å². The minimum absolute atomic E-state index is 0.0453. The largest absolute Gasteiger partial charge is 0.392 e. The fraction of sp³-hybridized carbons (Fsp3) is 0.375. The van der Waals surface area contributed by atoms with Gasteiger partial charge in [0.25, 0.3) is 10.0 Å². The molecule has 4 nitrogen and oxygen atoms in total. The summed E-state index contributed by atoms with van der Waals surface area (Å²) in [6.45, 7) is 2.09. The van der Waals surface area contributed by atoms with Gasteiger partial charge in [0.05, 0.1) is 15.9 Å². The van der Waals surface area contributed by atoms with Crippen LogP contribution < -0.4 is 5.73 Å². The Balaban J connectivity index is 3.04. The summed E-state index contributed by atoms with van der Waals surface area (Å²) in [5.74, 6) is 0. The van der Waals surface area contributed by atoms with E-state index in [1.807, 2.05) is 0 Å². The predicted molar refractivity (Wildman–Crippen MR) is 70.5 cm³/mol. The third-order valence-corrected chi connectivity index (χ3v) is 5.58. The summed E-state index contributed by atoms with van der Waals surface area (Å²) in [7, 11) is -3.53. The molecule has 0 aliphatic rings. The van der Waals surface area contributed by atoms with Crippen LogP contribution in [0.1, 0.15) is 6.92 Å². The molecule has 1 heterocycles. The fourth-order valence-corrected chi connectivity index (χ4v) is 4.41. The lowest BCUT2D eigenvalue weighted by atomic mass is 10.6. The second-order valence-corrected chi connectivity index (χ2v) is 7.36. The molecule has 0 saturated heterocycles. The zero-order valence-corrected chi connectivity index (χ0v) is 11.7. The average Bonchev–Trinajstić information content (AvgIpc) is 2.61. The van der Waals surface area contributed by atoms with Crippen LogP contribution >= 0.6 is 35.2 Å². The van der Waals surface area contributed by atoms with E-state index in [9.17, 15) is 8.42 Å². The first-order valence-electron chi connectivity index (χ1n) is 4.41. The van der Waals surface area contributed by atoms with E-state index >= 15 is 0 Å². The van der Waals surface area contributed by atoms with Crippen LogP contribution in [0, 0.1) is 0 Å². The third kappa shape index (κ3) is 3.14. The van der Waals surface area contributed by atoms with Gasteiger partial charge in [0.1, 0.15) is 4.21 Å². The van der Waals surface area contributed by atoms with Gasteiger partial charge < -0.3 is 5.73 Å². The zero-order chi connectivity index (χ0) is 12.3. The van der Waals surface area contributed by atoms with Crippen molar-refractivity contribution in [1.29, 1.82) is 0 Å². The lowest BCUT2D eigenvalue weighted by molar-refractivity contribution is 0.469. The Morgan fingerprint density at radius 2 is 2.25 bits per heavy atom.